The summed E-state index contributed by atoms with van der Waals surface area (Å²) < 4.78 is 21.5. The van der Waals surface area contributed by atoms with Gasteiger partial charge in [-0.2, -0.15) is 4.98 Å². The van der Waals surface area contributed by atoms with Crippen molar-refractivity contribution in [2.45, 2.75) is 6.04 Å². The predicted molar refractivity (Wildman–Crippen MR) is 129 cm³/mol. The normalized spacial score (nSPS) is 14.6. The van der Waals surface area contributed by atoms with Gasteiger partial charge in [0.2, 0.25) is 5.95 Å². The number of hydrogen-bond donors (Lipinski definition) is 2. The number of methoxy groups -OCH3 is 1. The summed E-state index contributed by atoms with van der Waals surface area (Å²) in [5, 5.41) is 10.6. The van der Waals surface area contributed by atoms with Crippen LogP contribution in [0.15, 0.2) is 78.9 Å². The van der Waals surface area contributed by atoms with Gasteiger partial charge < -0.3 is 10.1 Å². The van der Waals surface area contributed by atoms with Crippen molar-refractivity contribution in [2.24, 2.45) is 0 Å². The highest BCUT2D eigenvalue weighted by Crippen LogP contribution is 2.37. The summed E-state index contributed by atoms with van der Waals surface area (Å²) in [6, 6.07) is 20.1. The number of aromatic nitrogens is 3. The van der Waals surface area contributed by atoms with Crippen LogP contribution in [0.1, 0.15) is 27.5 Å². The van der Waals surface area contributed by atoms with E-state index in [2.05, 4.69) is 20.7 Å². The molecule has 4 aromatic rings. The van der Waals surface area contributed by atoms with Crippen molar-refractivity contribution < 1.29 is 13.9 Å². The summed E-state index contributed by atoms with van der Waals surface area (Å²) in [5.41, 5.74) is 2.28. The second-order valence-corrected chi connectivity index (χ2v) is 7.94. The number of nitrogens with one attached hydrogen (secondary N) is 2. The maximum Gasteiger partial charge on any atom is 0.258 e. The number of allylic oxidation sites excluding steroid dienone is 1. The van der Waals surface area contributed by atoms with Crippen molar-refractivity contribution in [1.82, 2.24) is 14.8 Å². The van der Waals surface area contributed by atoms with Crippen molar-refractivity contribution >= 4 is 35.1 Å². The SMILES string of the molecule is COc1ccc(C(=O)Nc2nc3n(n2)C(c2c(F)cccc2Cl)C=C(c2ccccc2)N3)cc1. The van der Waals surface area contributed by atoms with E-state index in [1.165, 1.54) is 10.7 Å². The van der Waals surface area contributed by atoms with Crippen LogP contribution in [-0.4, -0.2) is 27.8 Å². The van der Waals surface area contributed by atoms with Crippen molar-refractivity contribution in [3.05, 3.63) is 106 Å². The van der Waals surface area contributed by atoms with E-state index in [1.807, 2.05) is 36.4 Å². The van der Waals surface area contributed by atoms with Crippen LogP contribution in [0, 0.1) is 5.82 Å². The first-order valence-corrected chi connectivity index (χ1v) is 10.8. The molecule has 2 heterocycles. The molecule has 7 nitrogen and oxygen atoms in total. The molecule has 1 aliphatic heterocycles. The van der Waals surface area contributed by atoms with E-state index in [0.29, 0.717) is 17.3 Å². The number of anilines is 2. The van der Waals surface area contributed by atoms with E-state index in [0.717, 1.165) is 11.3 Å². The Morgan fingerprint density at radius 2 is 1.85 bits per heavy atom. The standard InChI is InChI=1S/C25H19ClFN5O2/c1-34-17-12-10-16(11-13-17)23(33)29-24-30-25-28-20(15-6-3-2-4-7-15)14-21(32(25)31-24)22-18(26)8-5-9-19(22)27/h2-14,21H,1H3,(H2,28,29,30,31,33). The molecule has 170 valence electrons. The zero-order chi connectivity index (χ0) is 23.7. The highest BCUT2D eigenvalue weighted by Gasteiger charge is 2.29. The highest BCUT2D eigenvalue weighted by atomic mass is 35.5. The fourth-order valence-electron chi connectivity index (χ4n) is 3.75. The molecule has 1 amide bonds. The lowest BCUT2D eigenvalue weighted by Gasteiger charge is -2.25. The molecule has 3 aromatic carbocycles. The Bertz CT molecular complexity index is 1370. The Labute approximate surface area is 199 Å². The van der Waals surface area contributed by atoms with Gasteiger partial charge in [0, 0.05) is 21.8 Å². The average Bonchev–Trinajstić information content (AvgIpc) is 3.27. The van der Waals surface area contributed by atoms with Gasteiger partial charge in [0.25, 0.3) is 11.9 Å². The Morgan fingerprint density at radius 3 is 2.56 bits per heavy atom. The zero-order valence-electron chi connectivity index (χ0n) is 18.0. The molecular formula is C25H19ClFN5O2. The largest absolute Gasteiger partial charge is 0.497 e. The first kappa shape index (κ1) is 21.7. The van der Waals surface area contributed by atoms with E-state index in [-0.39, 0.29) is 22.4 Å². The molecule has 0 spiro atoms. The van der Waals surface area contributed by atoms with Gasteiger partial charge in [0.1, 0.15) is 17.6 Å². The maximum absolute atomic E-state index is 14.9. The number of carbonyl (C=O) groups is 1. The molecule has 0 radical (unpaired) electrons. The maximum atomic E-state index is 14.9. The summed E-state index contributed by atoms with van der Waals surface area (Å²) in [5.74, 6) is 0.204. The second kappa shape index (κ2) is 8.99. The fraction of sp³-hybridized carbons (Fsp3) is 0.0800. The number of carbonyl (C=O) groups excluding carboxylic acids is 1. The summed E-state index contributed by atoms with van der Waals surface area (Å²) in [7, 11) is 1.55. The number of hydrogen-bond acceptors (Lipinski definition) is 5. The van der Waals surface area contributed by atoms with Crippen LogP contribution in [0.4, 0.5) is 16.3 Å². The summed E-state index contributed by atoms with van der Waals surface area (Å²) >= 11 is 6.39. The number of nitrogens with zero attached hydrogens (tertiary/aromatic N) is 3. The van der Waals surface area contributed by atoms with Crippen molar-refractivity contribution in [1.29, 1.82) is 0 Å². The molecule has 1 unspecified atom stereocenters. The number of fused-ring (bicyclic) bond motifs is 1. The monoisotopic (exact) mass is 475 g/mol. The molecule has 1 aliphatic rings. The second-order valence-electron chi connectivity index (χ2n) is 7.54. The Balaban J connectivity index is 1.52. The van der Waals surface area contributed by atoms with E-state index in [1.54, 1.807) is 43.5 Å². The highest BCUT2D eigenvalue weighted by molar-refractivity contribution is 6.31. The third-order valence-corrected chi connectivity index (χ3v) is 5.75. The van der Waals surface area contributed by atoms with Crippen LogP contribution in [0.5, 0.6) is 5.75 Å². The topological polar surface area (TPSA) is 81.1 Å². The fourth-order valence-corrected chi connectivity index (χ4v) is 4.02. The van der Waals surface area contributed by atoms with Gasteiger partial charge >= 0.3 is 0 Å². The lowest BCUT2D eigenvalue weighted by molar-refractivity contribution is 0.102. The van der Waals surface area contributed by atoms with Crippen LogP contribution in [-0.2, 0) is 0 Å². The van der Waals surface area contributed by atoms with Gasteiger partial charge in [-0.05, 0) is 48.0 Å². The number of benzene rings is 3. The lowest BCUT2D eigenvalue weighted by atomic mass is 10.0. The first-order chi connectivity index (χ1) is 16.5. The van der Waals surface area contributed by atoms with Gasteiger partial charge in [-0.15, -0.1) is 5.10 Å². The zero-order valence-corrected chi connectivity index (χ0v) is 18.8. The van der Waals surface area contributed by atoms with Crippen molar-refractivity contribution in [2.75, 3.05) is 17.7 Å². The molecule has 9 heteroatoms. The predicted octanol–water partition coefficient (Wildman–Crippen LogP) is 5.39. The Hall–Kier alpha value is -4.17. The molecule has 5 rings (SSSR count). The van der Waals surface area contributed by atoms with Crippen LogP contribution < -0.4 is 15.4 Å². The third kappa shape index (κ3) is 4.11. The van der Waals surface area contributed by atoms with Gasteiger partial charge in [-0.1, -0.05) is 48.0 Å². The molecule has 1 atom stereocenters. The number of halogens is 2. The molecule has 1 aromatic heterocycles. The molecule has 0 bridgehead atoms. The number of rotatable bonds is 5. The summed E-state index contributed by atoms with van der Waals surface area (Å²) in [4.78, 5) is 17.2. The van der Waals surface area contributed by atoms with Gasteiger partial charge in [0.05, 0.1) is 7.11 Å². The van der Waals surface area contributed by atoms with E-state index >= 15 is 0 Å². The quantitative estimate of drug-likeness (QED) is 0.404. The Kier molecular flexibility index (Phi) is 5.73. The van der Waals surface area contributed by atoms with Crippen LogP contribution in [0.3, 0.4) is 0 Å². The summed E-state index contributed by atoms with van der Waals surface area (Å²) in [6.45, 7) is 0. The summed E-state index contributed by atoms with van der Waals surface area (Å²) in [6.07, 6.45) is 1.83. The lowest BCUT2D eigenvalue weighted by Crippen LogP contribution is -2.21. The molecule has 0 fully saturated rings. The van der Waals surface area contributed by atoms with Crippen molar-refractivity contribution in [3.63, 3.8) is 0 Å². The van der Waals surface area contributed by atoms with Crippen LogP contribution >= 0.6 is 11.6 Å². The van der Waals surface area contributed by atoms with E-state index in [9.17, 15) is 9.18 Å². The number of ether oxygens (including phenoxy) is 1. The Morgan fingerprint density at radius 1 is 1.09 bits per heavy atom. The first-order valence-electron chi connectivity index (χ1n) is 10.4. The van der Waals surface area contributed by atoms with Crippen molar-refractivity contribution in [3.8, 4) is 5.75 Å². The molecule has 34 heavy (non-hydrogen) atoms. The molecular weight excluding hydrogens is 457 g/mol. The van der Waals surface area contributed by atoms with Gasteiger partial charge in [0.15, 0.2) is 0 Å². The van der Waals surface area contributed by atoms with E-state index < -0.39 is 11.9 Å². The smallest absolute Gasteiger partial charge is 0.258 e. The van der Waals surface area contributed by atoms with Crippen LogP contribution in [0.25, 0.3) is 5.70 Å². The molecule has 0 aliphatic carbocycles. The minimum Gasteiger partial charge on any atom is -0.497 e. The van der Waals surface area contributed by atoms with Crippen LogP contribution in [0.2, 0.25) is 5.02 Å². The van der Waals surface area contributed by atoms with E-state index in [4.69, 9.17) is 16.3 Å². The minimum atomic E-state index is -0.681. The average molecular weight is 476 g/mol. The van der Waals surface area contributed by atoms with Gasteiger partial charge in [-0.3, -0.25) is 10.1 Å². The molecule has 0 saturated carbocycles. The number of amides is 1. The molecule has 2 N–H and O–H groups in total. The third-order valence-electron chi connectivity index (χ3n) is 5.42. The minimum absolute atomic E-state index is 0.0727. The van der Waals surface area contributed by atoms with Gasteiger partial charge in [-0.25, -0.2) is 9.07 Å². The molecule has 0 saturated heterocycles.